The van der Waals surface area contributed by atoms with Crippen molar-refractivity contribution in [2.24, 2.45) is 0 Å². The largest absolute Gasteiger partial charge is 0.399 e. The fourth-order valence-corrected chi connectivity index (χ4v) is 2.70. The summed E-state index contributed by atoms with van der Waals surface area (Å²) in [6.07, 6.45) is 4.22. The van der Waals surface area contributed by atoms with Crippen molar-refractivity contribution < 1.29 is 4.74 Å². The number of benzene rings is 1. The van der Waals surface area contributed by atoms with E-state index < -0.39 is 0 Å². The minimum atomic E-state index is 0.329. The van der Waals surface area contributed by atoms with Crippen molar-refractivity contribution >= 4 is 11.4 Å². The Labute approximate surface area is 116 Å². The first-order valence-corrected chi connectivity index (χ1v) is 7.33. The number of aryl methyl sites for hydroxylation is 1. The van der Waals surface area contributed by atoms with Crippen LogP contribution in [0.5, 0.6) is 0 Å². The minimum absolute atomic E-state index is 0.329. The maximum atomic E-state index is 5.95. The SMILES string of the molecule is Cc1cc(N2CCCC(OC(C)C)CC2)ccc1N. The Morgan fingerprint density at radius 3 is 2.74 bits per heavy atom. The van der Waals surface area contributed by atoms with E-state index in [9.17, 15) is 0 Å². The first-order chi connectivity index (χ1) is 9.06. The van der Waals surface area contributed by atoms with Gasteiger partial charge in [-0.3, -0.25) is 0 Å². The first-order valence-electron chi connectivity index (χ1n) is 7.33. The van der Waals surface area contributed by atoms with Crippen LogP contribution >= 0.6 is 0 Å². The van der Waals surface area contributed by atoms with E-state index in [-0.39, 0.29) is 0 Å². The number of hydrogen-bond acceptors (Lipinski definition) is 3. The summed E-state index contributed by atoms with van der Waals surface area (Å²) in [5, 5.41) is 0. The Hall–Kier alpha value is -1.22. The minimum Gasteiger partial charge on any atom is -0.399 e. The summed E-state index contributed by atoms with van der Waals surface area (Å²) in [6, 6.07) is 6.34. The van der Waals surface area contributed by atoms with Crippen molar-refractivity contribution in [3.05, 3.63) is 23.8 Å². The molecule has 3 nitrogen and oxygen atoms in total. The molecule has 1 atom stereocenters. The molecule has 1 aliphatic rings. The Kier molecular flexibility index (Phi) is 4.70. The molecule has 0 spiro atoms. The molecule has 1 unspecified atom stereocenters. The maximum absolute atomic E-state index is 5.95. The standard InChI is InChI=1S/C16H26N2O/c1-12(2)19-15-5-4-9-18(10-8-15)14-6-7-16(17)13(3)11-14/h6-7,11-12,15H,4-5,8-10,17H2,1-3H3. The second-order valence-electron chi connectivity index (χ2n) is 5.77. The molecule has 0 aromatic heterocycles. The molecule has 0 bridgehead atoms. The van der Waals surface area contributed by atoms with Crippen LogP contribution in [0, 0.1) is 6.92 Å². The van der Waals surface area contributed by atoms with Crippen molar-refractivity contribution in [2.75, 3.05) is 23.7 Å². The second kappa shape index (κ2) is 6.29. The smallest absolute Gasteiger partial charge is 0.0596 e. The van der Waals surface area contributed by atoms with E-state index in [0.29, 0.717) is 12.2 Å². The molecular weight excluding hydrogens is 236 g/mol. The molecule has 1 aromatic carbocycles. The molecule has 1 saturated heterocycles. The van der Waals surface area contributed by atoms with E-state index in [1.165, 1.54) is 18.5 Å². The first kappa shape index (κ1) is 14.2. The van der Waals surface area contributed by atoms with E-state index in [2.05, 4.69) is 37.8 Å². The predicted molar refractivity (Wildman–Crippen MR) is 81.7 cm³/mol. The number of nitrogen functional groups attached to an aromatic ring is 1. The molecule has 0 aliphatic carbocycles. The van der Waals surface area contributed by atoms with Crippen molar-refractivity contribution in [2.45, 2.75) is 52.2 Å². The van der Waals surface area contributed by atoms with E-state index in [4.69, 9.17) is 10.5 Å². The number of rotatable bonds is 3. The lowest BCUT2D eigenvalue weighted by Crippen LogP contribution is -2.25. The molecule has 19 heavy (non-hydrogen) atoms. The number of anilines is 2. The van der Waals surface area contributed by atoms with Gasteiger partial charge in [-0.05, 0) is 63.8 Å². The Morgan fingerprint density at radius 2 is 2.05 bits per heavy atom. The number of hydrogen-bond donors (Lipinski definition) is 1. The lowest BCUT2D eigenvalue weighted by molar-refractivity contribution is 0.00203. The molecule has 2 N–H and O–H groups in total. The van der Waals surface area contributed by atoms with Gasteiger partial charge in [-0.2, -0.15) is 0 Å². The van der Waals surface area contributed by atoms with Crippen molar-refractivity contribution in [1.29, 1.82) is 0 Å². The highest BCUT2D eigenvalue weighted by Crippen LogP contribution is 2.24. The zero-order valence-electron chi connectivity index (χ0n) is 12.4. The molecule has 0 amide bonds. The molecule has 1 heterocycles. The topological polar surface area (TPSA) is 38.5 Å². The quantitative estimate of drug-likeness (QED) is 0.849. The molecule has 1 fully saturated rings. The van der Waals surface area contributed by atoms with Gasteiger partial charge in [-0.25, -0.2) is 0 Å². The average molecular weight is 262 g/mol. The van der Waals surface area contributed by atoms with Crippen molar-refractivity contribution in [3.8, 4) is 0 Å². The van der Waals surface area contributed by atoms with Crippen LogP contribution in [0.15, 0.2) is 18.2 Å². The zero-order valence-corrected chi connectivity index (χ0v) is 12.4. The van der Waals surface area contributed by atoms with Crippen LogP contribution < -0.4 is 10.6 Å². The zero-order chi connectivity index (χ0) is 13.8. The van der Waals surface area contributed by atoms with E-state index >= 15 is 0 Å². The van der Waals surface area contributed by atoms with E-state index in [1.807, 2.05) is 6.07 Å². The molecule has 1 aromatic rings. The van der Waals surface area contributed by atoms with Gasteiger partial charge in [0.15, 0.2) is 0 Å². The molecule has 2 rings (SSSR count). The van der Waals surface area contributed by atoms with Gasteiger partial charge in [0, 0.05) is 24.5 Å². The van der Waals surface area contributed by atoms with Gasteiger partial charge in [-0.15, -0.1) is 0 Å². The fraction of sp³-hybridized carbons (Fsp3) is 0.625. The Balaban J connectivity index is 2.00. The molecule has 106 valence electrons. The normalized spacial score (nSPS) is 20.6. The van der Waals surface area contributed by atoms with Crippen LogP contribution in [0.2, 0.25) is 0 Å². The fourth-order valence-electron chi connectivity index (χ4n) is 2.70. The summed E-state index contributed by atoms with van der Waals surface area (Å²) in [5.41, 5.74) is 9.21. The molecule has 3 heteroatoms. The van der Waals surface area contributed by atoms with Gasteiger partial charge in [0.05, 0.1) is 12.2 Å². The van der Waals surface area contributed by atoms with Gasteiger partial charge in [-0.1, -0.05) is 0 Å². The van der Waals surface area contributed by atoms with Gasteiger partial charge in [0.1, 0.15) is 0 Å². The third-order valence-corrected chi connectivity index (χ3v) is 3.76. The van der Waals surface area contributed by atoms with Gasteiger partial charge < -0.3 is 15.4 Å². The predicted octanol–water partition coefficient (Wildman–Crippen LogP) is 3.36. The summed E-state index contributed by atoms with van der Waals surface area (Å²) in [6.45, 7) is 8.49. The van der Waals surface area contributed by atoms with Gasteiger partial charge in [0.25, 0.3) is 0 Å². The lowest BCUT2D eigenvalue weighted by atomic mass is 10.1. The van der Waals surface area contributed by atoms with Crippen LogP contribution in [0.1, 0.15) is 38.7 Å². The highest BCUT2D eigenvalue weighted by atomic mass is 16.5. The van der Waals surface area contributed by atoms with Gasteiger partial charge in [0.2, 0.25) is 0 Å². The third-order valence-electron chi connectivity index (χ3n) is 3.76. The summed E-state index contributed by atoms with van der Waals surface area (Å²) in [5.74, 6) is 0. The molecular formula is C16H26N2O. The summed E-state index contributed by atoms with van der Waals surface area (Å²) in [4.78, 5) is 2.45. The number of nitrogens with zero attached hydrogens (tertiary/aromatic N) is 1. The summed E-state index contributed by atoms with van der Waals surface area (Å²) >= 11 is 0. The van der Waals surface area contributed by atoms with Crippen LogP contribution in [0.4, 0.5) is 11.4 Å². The van der Waals surface area contributed by atoms with Crippen LogP contribution in [-0.2, 0) is 4.74 Å². The van der Waals surface area contributed by atoms with Crippen molar-refractivity contribution in [3.63, 3.8) is 0 Å². The highest BCUT2D eigenvalue weighted by Gasteiger charge is 2.18. The van der Waals surface area contributed by atoms with E-state index in [0.717, 1.165) is 30.8 Å². The van der Waals surface area contributed by atoms with Gasteiger partial charge >= 0.3 is 0 Å². The van der Waals surface area contributed by atoms with Crippen LogP contribution in [0.25, 0.3) is 0 Å². The monoisotopic (exact) mass is 262 g/mol. The van der Waals surface area contributed by atoms with E-state index in [1.54, 1.807) is 0 Å². The molecule has 0 radical (unpaired) electrons. The summed E-state index contributed by atoms with van der Waals surface area (Å²) in [7, 11) is 0. The lowest BCUT2D eigenvalue weighted by Gasteiger charge is -2.24. The summed E-state index contributed by atoms with van der Waals surface area (Å²) < 4.78 is 5.95. The second-order valence-corrected chi connectivity index (χ2v) is 5.77. The Morgan fingerprint density at radius 1 is 1.26 bits per heavy atom. The third kappa shape index (κ3) is 3.87. The Bertz CT molecular complexity index is 417. The van der Waals surface area contributed by atoms with Crippen molar-refractivity contribution in [1.82, 2.24) is 0 Å². The maximum Gasteiger partial charge on any atom is 0.0596 e. The highest BCUT2D eigenvalue weighted by molar-refractivity contribution is 5.58. The molecule has 1 aliphatic heterocycles. The molecule has 0 saturated carbocycles. The van der Waals surface area contributed by atoms with Crippen LogP contribution in [0.3, 0.4) is 0 Å². The average Bonchev–Trinajstić information content (AvgIpc) is 2.58. The van der Waals surface area contributed by atoms with Crippen LogP contribution in [-0.4, -0.2) is 25.3 Å². The number of nitrogens with two attached hydrogens (primary N) is 1. The number of ether oxygens (including phenoxy) is 1.